The van der Waals surface area contributed by atoms with Gasteiger partial charge < -0.3 is 5.32 Å². The maximum absolute atomic E-state index is 5.92. The van der Waals surface area contributed by atoms with Gasteiger partial charge in [-0.25, -0.2) is 0 Å². The van der Waals surface area contributed by atoms with Gasteiger partial charge >= 0.3 is 0 Å². The van der Waals surface area contributed by atoms with E-state index in [4.69, 9.17) is 11.6 Å². The van der Waals surface area contributed by atoms with Gasteiger partial charge in [0.15, 0.2) is 11.0 Å². The minimum Gasteiger partial charge on any atom is -0.364 e. The lowest BCUT2D eigenvalue weighted by Gasteiger charge is -2.23. The molecule has 0 bridgehead atoms. The van der Waals surface area contributed by atoms with Gasteiger partial charge in [-0.3, -0.25) is 0 Å². The molecular formula is C10H16ClN3S. The summed E-state index contributed by atoms with van der Waals surface area (Å²) >= 11 is 7.09. The third-order valence-corrected chi connectivity index (χ3v) is 4.07. The van der Waals surface area contributed by atoms with Gasteiger partial charge in [-0.2, -0.15) is 8.75 Å². The van der Waals surface area contributed by atoms with Crippen LogP contribution in [0.25, 0.3) is 0 Å². The molecule has 1 N–H and O–H groups in total. The lowest BCUT2D eigenvalue weighted by molar-refractivity contribution is 0.446. The largest absolute Gasteiger partial charge is 0.364 e. The molecule has 1 fully saturated rings. The number of nitrogens with one attached hydrogen (secondary N) is 1. The first-order valence-electron chi connectivity index (χ1n) is 5.56. The van der Waals surface area contributed by atoms with Crippen LogP contribution in [-0.2, 0) is 0 Å². The van der Waals surface area contributed by atoms with Gasteiger partial charge in [0.2, 0.25) is 0 Å². The first-order valence-corrected chi connectivity index (χ1v) is 6.66. The van der Waals surface area contributed by atoms with E-state index in [0.29, 0.717) is 11.2 Å². The zero-order chi connectivity index (χ0) is 10.7. The molecule has 0 aromatic carbocycles. The molecule has 84 valence electrons. The molecule has 1 aliphatic rings. The van der Waals surface area contributed by atoms with Crippen LogP contribution in [0.4, 0.5) is 5.82 Å². The van der Waals surface area contributed by atoms with Crippen molar-refractivity contribution in [1.82, 2.24) is 8.75 Å². The van der Waals surface area contributed by atoms with Crippen molar-refractivity contribution in [2.45, 2.75) is 45.1 Å². The Morgan fingerprint density at radius 3 is 2.73 bits per heavy atom. The SMILES string of the molecule is CCC(Nc1nsnc1Cl)C1CCCC1. The van der Waals surface area contributed by atoms with E-state index in [-0.39, 0.29) is 0 Å². The molecule has 1 aliphatic carbocycles. The maximum Gasteiger partial charge on any atom is 0.186 e. The van der Waals surface area contributed by atoms with Crippen molar-refractivity contribution in [2.24, 2.45) is 5.92 Å². The first-order chi connectivity index (χ1) is 7.31. The van der Waals surface area contributed by atoms with E-state index in [2.05, 4.69) is 21.0 Å². The van der Waals surface area contributed by atoms with Crippen LogP contribution in [0.3, 0.4) is 0 Å². The predicted octanol–water partition coefficient (Wildman–Crippen LogP) is 3.57. The standard InChI is InChI=1S/C10H16ClN3S/c1-2-8(7-5-3-4-6-7)12-10-9(11)13-15-14-10/h7-8H,2-6H2,1H3,(H,12,14). The zero-order valence-electron chi connectivity index (χ0n) is 8.87. The van der Waals surface area contributed by atoms with Crippen molar-refractivity contribution < 1.29 is 0 Å². The number of halogens is 1. The molecule has 1 atom stereocenters. The van der Waals surface area contributed by atoms with Crippen molar-refractivity contribution in [3.63, 3.8) is 0 Å². The minimum atomic E-state index is 0.508. The number of nitrogens with zero attached hydrogens (tertiary/aromatic N) is 2. The highest BCUT2D eigenvalue weighted by Crippen LogP contribution is 2.31. The Kier molecular flexibility index (Phi) is 3.81. The first kappa shape index (κ1) is 11.1. The van der Waals surface area contributed by atoms with E-state index in [0.717, 1.165) is 18.2 Å². The van der Waals surface area contributed by atoms with Gasteiger partial charge in [-0.15, -0.1) is 0 Å². The number of hydrogen-bond acceptors (Lipinski definition) is 4. The molecule has 1 unspecified atom stereocenters. The predicted molar refractivity (Wildman–Crippen MR) is 64.6 cm³/mol. The van der Waals surface area contributed by atoms with Gasteiger partial charge in [0.1, 0.15) is 0 Å². The molecule has 1 heterocycles. The second-order valence-electron chi connectivity index (χ2n) is 4.11. The summed E-state index contributed by atoms with van der Waals surface area (Å²) in [4.78, 5) is 0. The second kappa shape index (κ2) is 5.12. The molecule has 0 saturated heterocycles. The minimum absolute atomic E-state index is 0.508. The smallest absolute Gasteiger partial charge is 0.186 e. The quantitative estimate of drug-likeness (QED) is 0.881. The van der Waals surface area contributed by atoms with Crippen LogP contribution in [0.5, 0.6) is 0 Å². The highest BCUT2D eigenvalue weighted by molar-refractivity contribution is 6.99. The summed E-state index contributed by atoms with van der Waals surface area (Å²) in [5.41, 5.74) is 0. The molecule has 1 aromatic heterocycles. The van der Waals surface area contributed by atoms with Crippen molar-refractivity contribution >= 4 is 29.1 Å². The fraction of sp³-hybridized carbons (Fsp3) is 0.800. The lowest BCUT2D eigenvalue weighted by Crippen LogP contribution is -2.26. The fourth-order valence-corrected chi connectivity index (χ4v) is 3.01. The lowest BCUT2D eigenvalue weighted by atomic mass is 9.96. The molecule has 5 heteroatoms. The molecule has 0 amide bonds. The van der Waals surface area contributed by atoms with Crippen molar-refractivity contribution in [2.75, 3.05) is 5.32 Å². The Morgan fingerprint density at radius 2 is 2.20 bits per heavy atom. The van der Waals surface area contributed by atoms with Crippen LogP contribution in [0.1, 0.15) is 39.0 Å². The average Bonchev–Trinajstić information content (AvgIpc) is 2.86. The van der Waals surface area contributed by atoms with Crippen LogP contribution in [-0.4, -0.2) is 14.8 Å². The third kappa shape index (κ3) is 2.61. The van der Waals surface area contributed by atoms with Gasteiger partial charge in [-0.1, -0.05) is 31.4 Å². The summed E-state index contributed by atoms with van der Waals surface area (Å²) in [6.45, 7) is 2.21. The summed E-state index contributed by atoms with van der Waals surface area (Å²) < 4.78 is 8.13. The fourth-order valence-electron chi connectivity index (χ4n) is 2.35. The number of aromatic nitrogens is 2. The van der Waals surface area contributed by atoms with Crippen LogP contribution < -0.4 is 5.32 Å². The molecule has 0 aliphatic heterocycles. The topological polar surface area (TPSA) is 37.8 Å². The summed E-state index contributed by atoms with van der Waals surface area (Å²) in [5, 5.41) is 3.93. The Morgan fingerprint density at radius 1 is 1.47 bits per heavy atom. The van der Waals surface area contributed by atoms with E-state index < -0.39 is 0 Å². The maximum atomic E-state index is 5.92. The van der Waals surface area contributed by atoms with E-state index in [1.165, 1.54) is 37.4 Å². The highest BCUT2D eigenvalue weighted by atomic mass is 35.5. The summed E-state index contributed by atoms with van der Waals surface area (Å²) in [7, 11) is 0. The van der Waals surface area contributed by atoms with E-state index in [9.17, 15) is 0 Å². The van der Waals surface area contributed by atoms with E-state index in [1.807, 2.05) is 0 Å². The van der Waals surface area contributed by atoms with E-state index >= 15 is 0 Å². The van der Waals surface area contributed by atoms with Crippen LogP contribution >= 0.6 is 23.3 Å². The molecule has 15 heavy (non-hydrogen) atoms. The molecule has 0 spiro atoms. The average molecular weight is 246 g/mol. The molecule has 1 saturated carbocycles. The van der Waals surface area contributed by atoms with Gasteiger partial charge in [0.25, 0.3) is 0 Å². The molecule has 3 nitrogen and oxygen atoms in total. The Hall–Kier alpha value is -0.350. The summed E-state index contributed by atoms with van der Waals surface area (Å²) in [5.74, 6) is 1.55. The van der Waals surface area contributed by atoms with Crippen molar-refractivity contribution in [3.05, 3.63) is 5.15 Å². The monoisotopic (exact) mass is 245 g/mol. The van der Waals surface area contributed by atoms with Crippen LogP contribution in [0.2, 0.25) is 5.15 Å². The Bertz CT molecular complexity index is 309. The Balaban J connectivity index is 1.98. The van der Waals surface area contributed by atoms with Gasteiger partial charge in [-0.05, 0) is 25.2 Å². The Labute approximate surface area is 99.6 Å². The molecule has 0 radical (unpaired) electrons. The zero-order valence-corrected chi connectivity index (χ0v) is 10.4. The molecule has 2 rings (SSSR count). The third-order valence-electron chi connectivity index (χ3n) is 3.18. The normalized spacial score (nSPS) is 19.3. The number of anilines is 1. The van der Waals surface area contributed by atoms with Crippen molar-refractivity contribution in [3.8, 4) is 0 Å². The number of rotatable bonds is 4. The van der Waals surface area contributed by atoms with Crippen LogP contribution in [0.15, 0.2) is 0 Å². The van der Waals surface area contributed by atoms with Crippen molar-refractivity contribution in [1.29, 1.82) is 0 Å². The van der Waals surface area contributed by atoms with Gasteiger partial charge in [0.05, 0.1) is 11.7 Å². The summed E-state index contributed by atoms with van der Waals surface area (Å²) in [6.07, 6.45) is 6.53. The highest BCUT2D eigenvalue weighted by Gasteiger charge is 2.24. The van der Waals surface area contributed by atoms with Gasteiger partial charge in [0, 0.05) is 6.04 Å². The summed E-state index contributed by atoms with van der Waals surface area (Å²) in [6, 6.07) is 0.508. The second-order valence-corrected chi connectivity index (χ2v) is 4.99. The van der Waals surface area contributed by atoms with Crippen LogP contribution in [0, 0.1) is 5.92 Å². The van der Waals surface area contributed by atoms with E-state index in [1.54, 1.807) is 0 Å². The number of hydrogen-bond donors (Lipinski definition) is 1. The molecular weight excluding hydrogens is 230 g/mol. The molecule has 1 aromatic rings.